The number of carbonyl (C=O) groups is 1. The van der Waals surface area contributed by atoms with Crippen LogP contribution in [-0.2, 0) is 4.79 Å². The fraction of sp³-hybridized carbons (Fsp3) is 0.800. The number of hydrogen-bond acceptors (Lipinski definition) is 4. The topological polar surface area (TPSA) is 104 Å². The van der Waals surface area contributed by atoms with E-state index in [2.05, 4.69) is 0 Å². The Labute approximate surface area is 58.1 Å². The van der Waals surface area contributed by atoms with Gasteiger partial charge in [-0.05, 0) is 6.92 Å². The van der Waals surface area contributed by atoms with Crippen molar-refractivity contribution in [1.29, 1.82) is 0 Å². The Balaban J connectivity index is 4.17. The van der Waals surface area contributed by atoms with E-state index in [1.165, 1.54) is 0 Å². The van der Waals surface area contributed by atoms with Crippen LogP contribution in [0, 0.1) is 0 Å². The van der Waals surface area contributed by atoms with E-state index >= 15 is 0 Å². The SMILES string of the molecule is C[C@](O)(CN)[C@H](O)C(=O)O. The minimum atomic E-state index is -1.82. The Morgan fingerprint density at radius 1 is 1.80 bits per heavy atom. The second kappa shape index (κ2) is 2.96. The van der Waals surface area contributed by atoms with Gasteiger partial charge in [-0.3, -0.25) is 0 Å². The van der Waals surface area contributed by atoms with E-state index in [0.29, 0.717) is 0 Å². The molecule has 0 unspecified atom stereocenters. The highest BCUT2D eigenvalue weighted by Crippen LogP contribution is 2.06. The third-order valence-corrected chi connectivity index (χ3v) is 1.24. The zero-order valence-electron chi connectivity index (χ0n) is 5.61. The summed E-state index contributed by atoms with van der Waals surface area (Å²) in [6, 6.07) is 0. The second-order valence-electron chi connectivity index (χ2n) is 2.30. The first-order valence-electron chi connectivity index (χ1n) is 2.75. The van der Waals surface area contributed by atoms with Crippen molar-refractivity contribution in [3.63, 3.8) is 0 Å². The van der Waals surface area contributed by atoms with Gasteiger partial charge in [-0.25, -0.2) is 4.79 Å². The van der Waals surface area contributed by atoms with Gasteiger partial charge in [0.05, 0.1) is 0 Å². The van der Waals surface area contributed by atoms with Crippen molar-refractivity contribution in [3.05, 3.63) is 0 Å². The third-order valence-electron chi connectivity index (χ3n) is 1.24. The lowest BCUT2D eigenvalue weighted by molar-refractivity contribution is -0.160. The molecule has 0 aromatic rings. The highest BCUT2D eigenvalue weighted by Gasteiger charge is 2.34. The smallest absolute Gasteiger partial charge is 0.335 e. The molecule has 0 heterocycles. The number of carboxylic acid groups (broad SMARTS) is 1. The zero-order chi connectivity index (χ0) is 8.36. The molecule has 60 valence electrons. The molecule has 5 N–H and O–H groups in total. The number of carboxylic acids is 1. The minimum absolute atomic E-state index is 0.291. The van der Waals surface area contributed by atoms with Crippen LogP contribution in [0.3, 0.4) is 0 Å². The lowest BCUT2D eigenvalue weighted by atomic mass is 10.00. The summed E-state index contributed by atoms with van der Waals surface area (Å²) in [6.07, 6.45) is -1.82. The molecule has 0 rings (SSSR count). The van der Waals surface area contributed by atoms with Crippen molar-refractivity contribution >= 4 is 5.97 Å². The number of aliphatic carboxylic acids is 1. The van der Waals surface area contributed by atoms with Crippen LogP contribution in [0.15, 0.2) is 0 Å². The average Bonchev–Trinajstić information content (AvgIpc) is 1.86. The van der Waals surface area contributed by atoms with Crippen molar-refractivity contribution in [3.8, 4) is 0 Å². The Kier molecular flexibility index (Phi) is 2.77. The fourth-order valence-electron chi connectivity index (χ4n) is 0.378. The number of rotatable bonds is 3. The summed E-state index contributed by atoms with van der Waals surface area (Å²) in [5.41, 5.74) is 3.23. The number of aliphatic hydroxyl groups excluding tert-OH is 1. The fourth-order valence-corrected chi connectivity index (χ4v) is 0.378. The predicted octanol–water partition coefficient (Wildman–Crippen LogP) is -1.86. The van der Waals surface area contributed by atoms with Crippen LogP contribution in [0.2, 0.25) is 0 Å². The van der Waals surface area contributed by atoms with Crippen LogP contribution in [0.4, 0.5) is 0 Å². The molecule has 0 bridgehead atoms. The first kappa shape index (κ1) is 9.35. The van der Waals surface area contributed by atoms with Crippen LogP contribution in [-0.4, -0.2) is 39.5 Å². The molecule has 5 heteroatoms. The Bertz CT molecular complexity index is 134. The van der Waals surface area contributed by atoms with Gasteiger partial charge in [0.2, 0.25) is 0 Å². The highest BCUT2D eigenvalue weighted by atomic mass is 16.4. The maximum atomic E-state index is 10.0. The molecule has 0 radical (unpaired) electrons. The normalized spacial score (nSPS) is 19.6. The standard InChI is InChI=1S/C5H11NO4/c1-5(10,2-6)3(7)4(8)9/h3,7,10H,2,6H2,1H3,(H,8,9)/t3-,5+/m1/s1. The molecule has 0 aliphatic rings. The van der Waals surface area contributed by atoms with Crippen molar-refractivity contribution in [2.45, 2.75) is 18.6 Å². The molecule has 0 saturated carbocycles. The molecule has 2 atom stereocenters. The van der Waals surface area contributed by atoms with Crippen molar-refractivity contribution in [2.24, 2.45) is 5.73 Å². The Morgan fingerprint density at radius 2 is 2.20 bits per heavy atom. The maximum absolute atomic E-state index is 10.0. The van der Waals surface area contributed by atoms with Gasteiger partial charge in [0, 0.05) is 6.54 Å². The molecule has 0 fully saturated rings. The van der Waals surface area contributed by atoms with E-state index < -0.39 is 17.7 Å². The Morgan fingerprint density at radius 3 is 2.30 bits per heavy atom. The number of nitrogens with two attached hydrogens (primary N) is 1. The lowest BCUT2D eigenvalue weighted by Crippen LogP contribution is -2.49. The zero-order valence-corrected chi connectivity index (χ0v) is 5.61. The van der Waals surface area contributed by atoms with E-state index in [9.17, 15) is 4.79 Å². The molecule has 0 amide bonds. The molecule has 0 aliphatic heterocycles. The van der Waals surface area contributed by atoms with Crippen LogP contribution in [0.1, 0.15) is 6.92 Å². The van der Waals surface area contributed by atoms with E-state index in [4.69, 9.17) is 21.1 Å². The predicted molar refractivity (Wildman–Crippen MR) is 33.3 cm³/mol. The summed E-state index contributed by atoms with van der Waals surface area (Å²) in [6.45, 7) is 0.867. The monoisotopic (exact) mass is 149 g/mol. The molecule has 0 saturated heterocycles. The second-order valence-corrected chi connectivity index (χ2v) is 2.30. The number of aliphatic hydroxyl groups is 2. The summed E-state index contributed by atoms with van der Waals surface area (Å²) in [5.74, 6) is -1.48. The van der Waals surface area contributed by atoms with Gasteiger partial charge in [0.15, 0.2) is 6.10 Å². The van der Waals surface area contributed by atoms with Crippen molar-refractivity contribution in [1.82, 2.24) is 0 Å². The first-order valence-corrected chi connectivity index (χ1v) is 2.75. The van der Waals surface area contributed by atoms with Gasteiger partial charge in [0.25, 0.3) is 0 Å². The molecule has 0 aromatic carbocycles. The minimum Gasteiger partial charge on any atom is -0.479 e. The Hall–Kier alpha value is -0.650. The van der Waals surface area contributed by atoms with Crippen molar-refractivity contribution < 1.29 is 20.1 Å². The first-order chi connectivity index (χ1) is 4.41. The maximum Gasteiger partial charge on any atom is 0.335 e. The van der Waals surface area contributed by atoms with Gasteiger partial charge in [0.1, 0.15) is 5.60 Å². The van der Waals surface area contributed by atoms with Gasteiger partial charge < -0.3 is 21.1 Å². The quantitative estimate of drug-likeness (QED) is 0.377. The van der Waals surface area contributed by atoms with E-state index in [0.717, 1.165) is 6.92 Å². The van der Waals surface area contributed by atoms with Crippen LogP contribution >= 0.6 is 0 Å². The summed E-state index contributed by atoms with van der Waals surface area (Å²) in [5, 5.41) is 25.9. The van der Waals surface area contributed by atoms with Crippen LogP contribution in [0.25, 0.3) is 0 Å². The molecule has 0 aliphatic carbocycles. The van der Waals surface area contributed by atoms with E-state index in [-0.39, 0.29) is 6.54 Å². The molecular formula is C5H11NO4. The highest BCUT2D eigenvalue weighted by molar-refractivity contribution is 5.73. The largest absolute Gasteiger partial charge is 0.479 e. The summed E-state index contributed by atoms with van der Waals surface area (Å²) in [4.78, 5) is 10.0. The van der Waals surface area contributed by atoms with Crippen molar-refractivity contribution in [2.75, 3.05) is 6.54 Å². The van der Waals surface area contributed by atoms with Gasteiger partial charge >= 0.3 is 5.97 Å². The number of hydrogen-bond donors (Lipinski definition) is 4. The summed E-state index contributed by atoms with van der Waals surface area (Å²) >= 11 is 0. The van der Waals surface area contributed by atoms with Gasteiger partial charge in [-0.2, -0.15) is 0 Å². The van der Waals surface area contributed by atoms with Gasteiger partial charge in [-0.1, -0.05) is 0 Å². The van der Waals surface area contributed by atoms with E-state index in [1.54, 1.807) is 0 Å². The molecule has 0 spiro atoms. The van der Waals surface area contributed by atoms with Crippen LogP contribution < -0.4 is 5.73 Å². The van der Waals surface area contributed by atoms with Crippen LogP contribution in [0.5, 0.6) is 0 Å². The van der Waals surface area contributed by atoms with E-state index in [1.807, 2.05) is 0 Å². The third kappa shape index (κ3) is 1.94. The summed E-state index contributed by atoms with van der Waals surface area (Å²) in [7, 11) is 0. The molecule has 10 heavy (non-hydrogen) atoms. The summed E-state index contributed by atoms with van der Waals surface area (Å²) < 4.78 is 0. The lowest BCUT2D eigenvalue weighted by Gasteiger charge is -2.23. The molecule has 5 nitrogen and oxygen atoms in total. The molecule has 0 aromatic heterocycles. The molecular weight excluding hydrogens is 138 g/mol. The van der Waals surface area contributed by atoms with Gasteiger partial charge in [-0.15, -0.1) is 0 Å². The average molecular weight is 149 g/mol.